The lowest BCUT2D eigenvalue weighted by molar-refractivity contribution is -0.123. The molecule has 1 fully saturated rings. The summed E-state index contributed by atoms with van der Waals surface area (Å²) in [6, 6.07) is 14.2. The molecule has 2 aromatic carbocycles. The molecule has 1 aliphatic carbocycles. The Morgan fingerprint density at radius 3 is 2.52 bits per heavy atom. The predicted molar refractivity (Wildman–Crippen MR) is 110 cm³/mol. The number of carbonyl (C=O) groups is 2. The van der Waals surface area contributed by atoms with Gasteiger partial charge >= 0.3 is 0 Å². The molecule has 4 rings (SSSR count). The lowest BCUT2D eigenvalue weighted by atomic mass is 10.1. The van der Waals surface area contributed by atoms with E-state index in [-0.39, 0.29) is 29.0 Å². The van der Waals surface area contributed by atoms with Crippen LogP contribution in [0.15, 0.2) is 53.3 Å². The molecule has 0 saturated heterocycles. The molecule has 8 heteroatoms. The molecule has 3 aromatic rings. The number of rotatable bonds is 4. The minimum atomic E-state index is -0.577. The smallest absolute Gasteiger partial charge is 0.273 e. The number of halogens is 1. The summed E-state index contributed by atoms with van der Waals surface area (Å²) in [4.78, 5) is 37.5. The summed E-state index contributed by atoms with van der Waals surface area (Å²) < 4.78 is 1.23. The van der Waals surface area contributed by atoms with Crippen molar-refractivity contribution < 1.29 is 9.59 Å². The van der Waals surface area contributed by atoms with Crippen molar-refractivity contribution in [2.75, 3.05) is 0 Å². The molecule has 1 heterocycles. The molecule has 1 saturated carbocycles. The molecule has 0 bridgehead atoms. The molecule has 2 unspecified atom stereocenters. The minimum absolute atomic E-state index is 0.0431. The van der Waals surface area contributed by atoms with Crippen LogP contribution in [0.3, 0.4) is 0 Å². The van der Waals surface area contributed by atoms with Crippen molar-refractivity contribution in [1.29, 1.82) is 0 Å². The van der Waals surface area contributed by atoms with Gasteiger partial charge in [0.2, 0.25) is 5.91 Å². The summed E-state index contributed by atoms with van der Waals surface area (Å²) >= 11 is 6.20. The Bertz CT molecular complexity index is 1170. The molecule has 1 aliphatic rings. The number of fused-ring (bicyclic) bond motifs is 1. The highest BCUT2D eigenvalue weighted by molar-refractivity contribution is 6.31. The van der Waals surface area contributed by atoms with E-state index in [1.54, 1.807) is 37.3 Å². The quantitative estimate of drug-likeness (QED) is 0.646. The van der Waals surface area contributed by atoms with E-state index in [0.717, 1.165) is 5.56 Å². The first-order valence-corrected chi connectivity index (χ1v) is 9.73. The van der Waals surface area contributed by atoms with Gasteiger partial charge in [0.05, 0.1) is 5.39 Å². The third-order valence-corrected chi connectivity index (χ3v) is 5.46. The maximum absolute atomic E-state index is 12.7. The number of aromatic nitrogens is 2. The summed E-state index contributed by atoms with van der Waals surface area (Å²) in [5, 5.41) is 5.63. The van der Waals surface area contributed by atoms with Crippen LogP contribution in [0.2, 0.25) is 5.02 Å². The fourth-order valence-electron chi connectivity index (χ4n) is 3.49. The maximum atomic E-state index is 12.7. The predicted octanol–water partition coefficient (Wildman–Crippen LogP) is 2.63. The number of carbonyl (C=O) groups excluding carboxylic acids is 2. The number of nitrogens with zero attached hydrogens (tertiary/aromatic N) is 2. The second-order valence-corrected chi connectivity index (χ2v) is 7.34. The highest BCUT2D eigenvalue weighted by Gasteiger charge is 2.45. The van der Waals surface area contributed by atoms with Crippen LogP contribution in [-0.2, 0) is 11.3 Å². The fourth-order valence-corrected chi connectivity index (χ4v) is 3.77. The summed E-state index contributed by atoms with van der Waals surface area (Å²) in [6.07, 6.45) is 0.674. The van der Waals surface area contributed by atoms with Crippen molar-refractivity contribution in [3.63, 3.8) is 0 Å². The van der Waals surface area contributed by atoms with Crippen molar-refractivity contribution >= 4 is 34.2 Å². The summed E-state index contributed by atoms with van der Waals surface area (Å²) in [6.45, 7) is 2.10. The van der Waals surface area contributed by atoms with E-state index in [1.807, 2.05) is 18.2 Å². The zero-order valence-electron chi connectivity index (χ0n) is 15.7. The van der Waals surface area contributed by atoms with Gasteiger partial charge in [-0.3, -0.25) is 25.2 Å². The first-order valence-electron chi connectivity index (χ1n) is 9.35. The lowest BCUT2D eigenvalue weighted by Gasteiger charge is -2.11. The molecule has 148 valence electrons. The summed E-state index contributed by atoms with van der Waals surface area (Å²) in [7, 11) is 0. The molecule has 7 nitrogen and oxygen atoms in total. The number of benzene rings is 2. The first kappa shape index (κ1) is 19.1. The molecule has 29 heavy (non-hydrogen) atoms. The molecule has 2 atom stereocenters. The molecule has 0 aliphatic heterocycles. The number of hydrogen-bond donors (Lipinski definition) is 2. The summed E-state index contributed by atoms with van der Waals surface area (Å²) in [5.41, 5.74) is 5.65. The van der Waals surface area contributed by atoms with Gasteiger partial charge in [-0.25, -0.2) is 4.68 Å². The molecule has 0 radical (unpaired) electrons. The van der Waals surface area contributed by atoms with Gasteiger partial charge in [-0.2, -0.15) is 5.10 Å². The fraction of sp³-hybridized carbons (Fsp3) is 0.238. The van der Waals surface area contributed by atoms with Crippen molar-refractivity contribution in [1.82, 2.24) is 20.6 Å². The number of hydrazine groups is 1. The van der Waals surface area contributed by atoms with E-state index in [0.29, 0.717) is 28.8 Å². The van der Waals surface area contributed by atoms with Gasteiger partial charge in [0, 0.05) is 22.9 Å². The average Bonchev–Trinajstić information content (AvgIpc) is 3.53. The molecule has 2 N–H and O–H groups in total. The number of amides is 2. The largest absolute Gasteiger partial charge is 0.290 e. The van der Waals surface area contributed by atoms with Gasteiger partial charge in [0.1, 0.15) is 0 Å². The summed E-state index contributed by atoms with van der Waals surface area (Å²) in [5.74, 6) is -1.06. The Labute approximate surface area is 171 Å². The normalized spacial score (nSPS) is 17.7. The molecule has 0 spiro atoms. The standard InChI is InChI=1S/C21H19ClN4O3/c1-2-26-21(29)14-9-4-3-8-13(14)18(25-26)20(28)24-23-19(27)16-11-15(16)12-7-5-6-10-17(12)22/h3-10,15-16H,2,11H2,1H3,(H,23,27)(H,24,28). The second-order valence-electron chi connectivity index (χ2n) is 6.93. The van der Waals surface area contributed by atoms with Crippen LogP contribution in [0, 0.1) is 5.92 Å². The average molecular weight is 411 g/mol. The van der Waals surface area contributed by atoms with Gasteiger partial charge in [0.25, 0.3) is 11.5 Å². The minimum Gasteiger partial charge on any atom is -0.273 e. The number of aryl methyl sites for hydroxylation is 1. The Morgan fingerprint density at radius 1 is 1.10 bits per heavy atom. The number of nitrogens with one attached hydrogen (secondary N) is 2. The van der Waals surface area contributed by atoms with E-state index in [4.69, 9.17) is 11.6 Å². The van der Waals surface area contributed by atoms with E-state index < -0.39 is 5.91 Å². The van der Waals surface area contributed by atoms with Crippen molar-refractivity contribution in [2.45, 2.75) is 25.8 Å². The Hall–Kier alpha value is -3.19. The molecule has 2 amide bonds. The van der Waals surface area contributed by atoms with Crippen LogP contribution >= 0.6 is 11.6 Å². The number of hydrogen-bond acceptors (Lipinski definition) is 4. The van der Waals surface area contributed by atoms with Gasteiger partial charge < -0.3 is 0 Å². The van der Waals surface area contributed by atoms with Crippen LogP contribution < -0.4 is 16.4 Å². The van der Waals surface area contributed by atoms with E-state index >= 15 is 0 Å². The van der Waals surface area contributed by atoms with Crippen molar-refractivity contribution in [3.05, 3.63) is 75.2 Å². The van der Waals surface area contributed by atoms with Crippen molar-refractivity contribution in [3.8, 4) is 0 Å². The van der Waals surface area contributed by atoms with Gasteiger partial charge in [-0.05, 0) is 37.0 Å². The first-order chi connectivity index (χ1) is 14.0. The highest BCUT2D eigenvalue weighted by Crippen LogP contribution is 2.49. The van der Waals surface area contributed by atoms with Crippen LogP contribution in [0.1, 0.15) is 35.3 Å². The van der Waals surface area contributed by atoms with Crippen LogP contribution in [-0.4, -0.2) is 21.6 Å². The zero-order valence-corrected chi connectivity index (χ0v) is 16.4. The van der Waals surface area contributed by atoms with E-state index in [2.05, 4.69) is 16.0 Å². The van der Waals surface area contributed by atoms with E-state index in [1.165, 1.54) is 4.68 Å². The van der Waals surface area contributed by atoms with Gasteiger partial charge in [0.15, 0.2) is 5.69 Å². The Morgan fingerprint density at radius 2 is 1.79 bits per heavy atom. The van der Waals surface area contributed by atoms with Crippen LogP contribution in [0.25, 0.3) is 10.8 Å². The monoisotopic (exact) mass is 410 g/mol. The van der Waals surface area contributed by atoms with Crippen molar-refractivity contribution in [2.24, 2.45) is 5.92 Å². The molecular formula is C21H19ClN4O3. The molecule has 1 aromatic heterocycles. The Kier molecular flexibility index (Phi) is 5.07. The highest BCUT2D eigenvalue weighted by atomic mass is 35.5. The Balaban J connectivity index is 1.48. The third kappa shape index (κ3) is 3.61. The van der Waals surface area contributed by atoms with Crippen LogP contribution in [0.5, 0.6) is 0 Å². The third-order valence-electron chi connectivity index (χ3n) is 5.11. The SMILES string of the molecule is CCn1nc(C(=O)NNC(=O)C2CC2c2ccccc2Cl)c2ccccc2c1=O. The zero-order chi connectivity index (χ0) is 20.5. The van der Waals surface area contributed by atoms with Gasteiger partial charge in [-0.15, -0.1) is 0 Å². The topological polar surface area (TPSA) is 93.1 Å². The maximum Gasteiger partial charge on any atom is 0.290 e. The lowest BCUT2D eigenvalue weighted by Crippen LogP contribution is -2.43. The molecular weight excluding hydrogens is 392 g/mol. The van der Waals surface area contributed by atoms with Crippen LogP contribution in [0.4, 0.5) is 0 Å². The van der Waals surface area contributed by atoms with Gasteiger partial charge in [-0.1, -0.05) is 48.0 Å². The van der Waals surface area contributed by atoms with E-state index in [9.17, 15) is 14.4 Å². The second kappa shape index (κ2) is 7.67.